The van der Waals surface area contributed by atoms with E-state index in [0.29, 0.717) is 17.9 Å². The summed E-state index contributed by atoms with van der Waals surface area (Å²) in [5.41, 5.74) is 6.35. The zero-order chi connectivity index (χ0) is 13.3. The smallest absolute Gasteiger partial charge is 0.150 e. The summed E-state index contributed by atoms with van der Waals surface area (Å²) in [5.74, 6) is 0.751. The SMILES string of the molecule is CC1CC(C(N)C2CCCC(S(C)(=O)=O)C2)CO1. The van der Waals surface area contributed by atoms with E-state index in [1.165, 1.54) is 6.26 Å². The molecule has 1 heterocycles. The molecule has 106 valence electrons. The molecule has 0 aromatic heterocycles. The lowest BCUT2D eigenvalue weighted by atomic mass is 9.78. The Balaban J connectivity index is 1.96. The fourth-order valence-electron chi connectivity index (χ4n) is 3.42. The number of sulfone groups is 1. The number of hydrogen-bond donors (Lipinski definition) is 1. The maximum Gasteiger partial charge on any atom is 0.150 e. The van der Waals surface area contributed by atoms with Crippen LogP contribution in [0.1, 0.15) is 39.0 Å². The minimum absolute atomic E-state index is 0.0968. The van der Waals surface area contributed by atoms with Crippen LogP contribution in [0.3, 0.4) is 0 Å². The lowest BCUT2D eigenvalue weighted by molar-refractivity contribution is 0.114. The zero-order valence-electron chi connectivity index (χ0n) is 11.3. The topological polar surface area (TPSA) is 69.4 Å². The molecule has 0 aromatic carbocycles. The molecule has 2 aliphatic rings. The van der Waals surface area contributed by atoms with Gasteiger partial charge in [-0.25, -0.2) is 8.42 Å². The van der Waals surface area contributed by atoms with Crippen LogP contribution < -0.4 is 5.73 Å². The Kier molecular flexibility index (Phi) is 4.34. The Labute approximate surface area is 110 Å². The van der Waals surface area contributed by atoms with Crippen LogP contribution in [0.4, 0.5) is 0 Å². The highest BCUT2D eigenvalue weighted by molar-refractivity contribution is 7.91. The summed E-state index contributed by atoms with van der Waals surface area (Å²) in [4.78, 5) is 0. The van der Waals surface area contributed by atoms with Gasteiger partial charge in [0.2, 0.25) is 0 Å². The summed E-state index contributed by atoms with van der Waals surface area (Å²) >= 11 is 0. The van der Waals surface area contributed by atoms with Crippen LogP contribution in [0, 0.1) is 11.8 Å². The monoisotopic (exact) mass is 275 g/mol. The molecule has 0 amide bonds. The Morgan fingerprint density at radius 3 is 2.50 bits per heavy atom. The molecule has 1 aliphatic heterocycles. The van der Waals surface area contributed by atoms with Crippen LogP contribution in [0.2, 0.25) is 0 Å². The van der Waals surface area contributed by atoms with Crippen molar-refractivity contribution in [2.24, 2.45) is 17.6 Å². The number of hydrogen-bond acceptors (Lipinski definition) is 4. The molecule has 2 N–H and O–H groups in total. The summed E-state index contributed by atoms with van der Waals surface area (Å²) in [6.45, 7) is 2.81. The van der Waals surface area contributed by atoms with Crippen LogP contribution in [0.5, 0.6) is 0 Å². The minimum atomic E-state index is -2.91. The Morgan fingerprint density at radius 2 is 1.94 bits per heavy atom. The van der Waals surface area contributed by atoms with E-state index in [2.05, 4.69) is 6.92 Å². The van der Waals surface area contributed by atoms with Gasteiger partial charge in [-0.2, -0.15) is 0 Å². The number of ether oxygens (including phenoxy) is 1. The Hall–Kier alpha value is -0.130. The first-order chi connectivity index (χ1) is 8.38. The average Bonchev–Trinajstić information content (AvgIpc) is 2.74. The highest BCUT2D eigenvalue weighted by atomic mass is 32.2. The molecule has 18 heavy (non-hydrogen) atoms. The van der Waals surface area contributed by atoms with Crippen molar-refractivity contribution in [3.05, 3.63) is 0 Å². The summed E-state index contributed by atoms with van der Waals surface area (Å²) in [7, 11) is -2.91. The standard InChI is InChI=1S/C13H25NO3S/c1-9-6-11(8-17-9)13(14)10-4-3-5-12(7-10)18(2,15)16/h9-13H,3-8,14H2,1-2H3. The molecule has 1 saturated carbocycles. The zero-order valence-corrected chi connectivity index (χ0v) is 12.2. The Morgan fingerprint density at radius 1 is 1.22 bits per heavy atom. The van der Waals surface area contributed by atoms with Gasteiger partial charge in [-0.1, -0.05) is 6.42 Å². The third-order valence-corrected chi connectivity index (χ3v) is 6.23. The van der Waals surface area contributed by atoms with Gasteiger partial charge in [0.1, 0.15) is 9.84 Å². The molecule has 0 spiro atoms. The molecular weight excluding hydrogens is 250 g/mol. The first-order valence-corrected chi connectivity index (χ1v) is 8.89. The van der Waals surface area contributed by atoms with Crippen molar-refractivity contribution in [3.63, 3.8) is 0 Å². The third-order valence-electron chi connectivity index (χ3n) is 4.59. The lowest BCUT2D eigenvalue weighted by Gasteiger charge is -2.34. The van der Waals surface area contributed by atoms with Gasteiger partial charge in [-0.3, -0.25) is 0 Å². The summed E-state index contributed by atoms with van der Waals surface area (Å²) in [6, 6.07) is 0.0968. The van der Waals surface area contributed by atoms with E-state index < -0.39 is 9.84 Å². The molecule has 0 aromatic rings. The largest absolute Gasteiger partial charge is 0.378 e. The first-order valence-electron chi connectivity index (χ1n) is 6.94. The van der Waals surface area contributed by atoms with Crippen molar-refractivity contribution >= 4 is 9.84 Å². The van der Waals surface area contributed by atoms with E-state index in [1.54, 1.807) is 0 Å². The third kappa shape index (κ3) is 3.25. The van der Waals surface area contributed by atoms with E-state index in [-0.39, 0.29) is 11.3 Å². The maximum atomic E-state index is 11.7. The van der Waals surface area contributed by atoms with E-state index in [9.17, 15) is 8.42 Å². The van der Waals surface area contributed by atoms with Crippen molar-refractivity contribution in [2.75, 3.05) is 12.9 Å². The fraction of sp³-hybridized carbons (Fsp3) is 1.00. The van der Waals surface area contributed by atoms with E-state index in [0.717, 1.165) is 38.7 Å². The van der Waals surface area contributed by atoms with Gasteiger partial charge in [0.15, 0.2) is 0 Å². The van der Waals surface area contributed by atoms with E-state index in [4.69, 9.17) is 10.5 Å². The second-order valence-corrected chi connectivity index (χ2v) is 8.42. The molecule has 2 rings (SSSR count). The molecule has 5 heteroatoms. The molecule has 2 fully saturated rings. The van der Waals surface area contributed by atoms with Crippen LogP contribution >= 0.6 is 0 Å². The molecular formula is C13H25NO3S. The van der Waals surface area contributed by atoms with Crippen molar-refractivity contribution in [1.82, 2.24) is 0 Å². The van der Waals surface area contributed by atoms with Gasteiger partial charge < -0.3 is 10.5 Å². The van der Waals surface area contributed by atoms with Crippen LogP contribution in [0.25, 0.3) is 0 Å². The van der Waals surface area contributed by atoms with Gasteiger partial charge >= 0.3 is 0 Å². The number of rotatable bonds is 3. The lowest BCUT2D eigenvalue weighted by Crippen LogP contribution is -2.42. The molecule has 4 nitrogen and oxygen atoms in total. The minimum Gasteiger partial charge on any atom is -0.378 e. The molecule has 1 saturated heterocycles. The van der Waals surface area contributed by atoms with Crippen LogP contribution in [-0.4, -0.2) is 38.7 Å². The first kappa shape index (κ1) is 14.3. The van der Waals surface area contributed by atoms with Gasteiger partial charge in [0.05, 0.1) is 18.0 Å². The second kappa shape index (κ2) is 5.47. The van der Waals surface area contributed by atoms with Crippen molar-refractivity contribution < 1.29 is 13.2 Å². The van der Waals surface area contributed by atoms with Crippen molar-refractivity contribution in [1.29, 1.82) is 0 Å². The highest BCUT2D eigenvalue weighted by Gasteiger charge is 2.37. The van der Waals surface area contributed by atoms with E-state index >= 15 is 0 Å². The maximum absolute atomic E-state index is 11.7. The molecule has 0 radical (unpaired) electrons. The van der Waals surface area contributed by atoms with Gasteiger partial charge in [-0.05, 0) is 38.5 Å². The van der Waals surface area contributed by atoms with E-state index in [1.807, 2.05) is 0 Å². The van der Waals surface area contributed by atoms with Crippen molar-refractivity contribution in [2.45, 2.75) is 56.4 Å². The predicted octanol–water partition coefficient (Wildman–Crippen LogP) is 1.34. The van der Waals surface area contributed by atoms with Gasteiger partial charge in [0, 0.05) is 18.2 Å². The Bertz CT molecular complexity index is 382. The van der Waals surface area contributed by atoms with Crippen LogP contribution in [0.15, 0.2) is 0 Å². The highest BCUT2D eigenvalue weighted by Crippen LogP contribution is 2.34. The van der Waals surface area contributed by atoms with Gasteiger partial charge in [0.25, 0.3) is 0 Å². The normalized spacial score (nSPS) is 39.7. The van der Waals surface area contributed by atoms with Crippen LogP contribution in [-0.2, 0) is 14.6 Å². The summed E-state index contributed by atoms with van der Waals surface area (Å²) in [6.07, 6.45) is 6.27. The molecule has 0 bridgehead atoms. The average molecular weight is 275 g/mol. The quantitative estimate of drug-likeness (QED) is 0.844. The second-order valence-electron chi connectivity index (χ2n) is 6.10. The molecule has 1 aliphatic carbocycles. The van der Waals surface area contributed by atoms with Gasteiger partial charge in [-0.15, -0.1) is 0 Å². The van der Waals surface area contributed by atoms with Crippen molar-refractivity contribution in [3.8, 4) is 0 Å². The number of nitrogens with two attached hydrogens (primary N) is 1. The summed E-state index contributed by atoms with van der Waals surface area (Å²) in [5, 5.41) is -0.179. The summed E-state index contributed by atoms with van der Waals surface area (Å²) < 4.78 is 28.9. The fourth-order valence-corrected chi connectivity index (χ4v) is 4.61. The predicted molar refractivity (Wildman–Crippen MR) is 72.1 cm³/mol. The molecule has 5 atom stereocenters. The molecule has 5 unspecified atom stereocenters.